The first-order valence-corrected chi connectivity index (χ1v) is 10.8. The number of nitrogens with zero attached hydrogens (tertiary/aromatic N) is 2. The molecule has 1 aromatic heterocycles. The molecule has 0 aliphatic carbocycles. The molecule has 0 unspecified atom stereocenters. The summed E-state index contributed by atoms with van der Waals surface area (Å²) in [5.41, 5.74) is 1.28. The number of carbonyl (C=O) groups is 1. The molecule has 33 heavy (non-hydrogen) atoms. The van der Waals surface area contributed by atoms with Crippen molar-refractivity contribution in [3.8, 4) is 11.6 Å². The van der Waals surface area contributed by atoms with Gasteiger partial charge in [0.2, 0.25) is 5.88 Å². The van der Waals surface area contributed by atoms with E-state index in [4.69, 9.17) is 9.47 Å². The first kappa shape index (κ1) is 24.5. The molecule has 10 heteroatoms. The minimum atomic E-state index is -0.757. The molecule has 0 bridgehead atoms. The van der Waals surface area contributed by atoms with Crippen molar-refractivity contribution in [1.29, 1.82) is 0 Å². The second kappa shape index (κ2) is 10.7. The van der Waals surface area contributed by atoms with Gasteiger partial charge in [-0.25, -0.2) is 8.78 Å². The molecular weight excluding hydrogens is 500 g/mol. The average molecular weight is 522 g/mol. The van der Waals surface area contributed by atoms with Crippen LogP contribution in [0.15, 0.2) is 45.7 Å². The molecule has 0 fully saturated rings. The van der Waals surface area contributed by atoms with Crippen LogP contribution in [0, 0.1) is 25.5 Å². The summed E-state index contributed by atoms with van der Waals surface area (Å²) in [6, 6.07) is 8.15. The summed E-state index contributed by atoms with van der Waals surface area (Å²) in [4.78, 5) is 29.9. The molecule has 1 amide bonds. The first-order valence-electron chi connectivity index (χ1n) is 9.97. The molecule has 1 heterocycles. The van der Waals surface area contributed by atoms with Gasteiger partial charge in [0.15, 0.2) is 0 Å². The Balaban J connectivity index is 1.92. The summed E-state index contributed by atoms with van der Waals surface area (Å²) in [5.74, 6) is -1.47. The number of aryl methyl sites for hydroxylation is 2. The van der Waals surface area contributed by atoms with Crippen LogP contribution >= 0.6 is 15.9 Å². The van der Waals surface area contributed by atoms with Gasteiger partial charge in [-0.05, 0) is 59.6 Å². The monoisotopic (exact) mass is 521 g/mol. The van der Waals surface area contributed by atoms with E-state index >= 15 is 0 Å². The highest BCUT2D eigenvalue weighted by Crippen LogP contribution is 2.24. The van der Waals surface area contributed by atoms with Crippen LogP contribution in [-0.4, -0.2) is 35.7 Å². The third-order valence-corrected chi connectivity index (χ3v) is 5.53. The molecule has 7 nitrogen and oxygen atoms in total. The molecule has 0 saturated carbocycles. The van der Waals surface area contributed by atoms with Gasteiger partial charge in [0.1, 0.15) is 28.5 Å². The number of carbonyl (C=O) groups excluding carboxylic acids is 1. The normalized spacial score (nSPS) is 10.8. The topological polar surface area (TPSA) is 82.4 Å². The van der Waals surface area contributed by atoms with E-state index in [1.807, 2.05) is 6.92 Å². The molecule has 0 atom stereocenters. The van der Waals surface area contributed by atoms with Gasteiger partial charge in [0, 0.05) is 30.8 Å². The molecule has 3 rings (SSSR count). The van der Waals surface area contributed by atoms with Gasteiger partial charge >= 0.3 is 0 Å². The molecule has 2 aromatic carbocycles. The van der Waals surface area contributed by atoms with Crippen LogP contribution in [0.3, 0.4) is 0 Å². The zero-order valence-electron chi connectivity index (χ0n) is 18.2. The molecule has 1 N–H and O–H groups in total. The van der Waals surface area contributed by atoms with Gasteiger partial charge in [0.25, 0.3) is 11.5 Å². The summed E-state index contributed by atoms with van der Waals surface area (Å²) in [5, 5.41) is 2.74. The maximum atomic E-state index is 13.9. The van der Waals surface area contributed by atoms with Crippen molar-refractivity contribution >= 4 is 21.8 Å². The van der Waals surface area contributed by atoms with Crippen LogP contribution in [0.4, 0.5) is 8.78 Å². The lowest BCUT2D eigenvalue weighted by molar-refractivity contribution is 0.0937. The van der Waals surface area contributed by atoms with Gasteiger partial charge in [-0.3, -0.25) is 14.2 Å². The highest BCUT2D eigenvalue weighted by Gasteiger charge is 2.18. The fourth-order valence-corrected chi connectivity index (χ4v) is 3.49. The third-order valence-electron chi connectivity index (χ3n) is 4.85. The summed E-state index contributed by atoms with van der Waals surface area (Å²) in [7, 11) is 1.54. The maximum absolute atomic E-state index is 13.9. The number of amides is 1. The van der Waals surface area contributed by atoms with Crippen LogP contribution in [-0.2, 0) is 11.3 Å². The van der Waals surface area contributed by atoms with Crippen molar-refractivity contribution in [3.63, 3.8) is 0 Å². The lowest BCUT2D eigenvalue weighted by Crippen LogP contribution is -2.28. The van der Waals surface area contributed by atoms with Gasteiger partial charge < -0.3 is 14.8 Å². The molecule has 174 valence electrons. The average Bonchev–Trinajstić information content (AvgIpc) is 2.77. The van der Waals surface area contributed by atoms with Crippen molar-refractivity contribution in [1.82, 2.24) is 14.9 Å². The SMILES string of the molecule is COCCNC(=O)c1ccc(C)c(-n2c(C)nc(OCc3ccc(F)cc3F)c(Br)c2=O)c1. The number of benzene rings is 2. The highest BCUT2D eigenvalue weighted by atomic mass is 79.9. The number of rotatable bonds is 8. The van der Waals surface area contributed by atoms with E-state index in [2.05, 4.69) is 26.2 Å². The van der Waals surface area contributed by atoms with Gasteiger partial charge in [-0.2, -0.15) is 4.98 Å². The molecular formula is C23H22BrF2N3O4. The van der Waals surface area contributed by atoms with Crippen LogP contribution in [0.25, 0.3) is 5.69 Å². The van der Waals surface area contributed by atoms with E-state index in [0.717, 1.165) is 17.7 Å². The smallest absolute Gasteiger partial charge is 0.276 e. The zero-order valence-corrected chi connectivity index (χ0v) is 19.8. The number of halogens is 3. The highest BCUT2D eigenvalue weighted by molar-refractivity contribution is 9.10. The van der Waals surface area contributed by atoms with Crippen molar-refractivity contribution < 1.29 is 23.0 Å². The Hall–Kier alpha value is -3.11. The van der Waals surface area contributed by atoms with Crippen molar-refractivity contribution in [2.45, 2.75) is 20.5 Å². The largest absolute Gasteiger partial charge is 0.472 e. The van der Waals surface area contributed by atoms with E-state index in [9.17, 15) is 18.4 Å². The molecule has 0 saturated heterocycles. The minimum Gasteiger partial charge on any atom is -0.472 e. The minimum absolute atomic E-state index is 0.0245. The second-order valence-corrected chi connectivity index (χ2v) is 7.99. The maximum Gasteiger partial charge on any atom is 0.276 e. The van der Waals surface area contributed by atoms with Gasteiger partial charge in [-0.15, -0.1) is 0 Å². The van der Waals surface area contributed by atoms with E-state index in [-0.39, 0.29) is 28.4 Å². The number of ether oxygens (including phenoxy) is 2. The van der Waals surface area contributed by atoms with Gasteiger partial charge in [0.05, 0.1) is 12.3 Å². The number of hydrogen-bond donors (Lipinski definition) is 1. The molecule has 0 spiro atoms. The zero-order chi connectivity index (χ0) is 24.1. The number of nitrogens with one attached hydrogen (secondary N) is 1. The Morgan fingerprint density at radius 2 is 1.94 bits per heavy atom. The Labute approximate surface area is 197 Å². The van der Waals surface area contributed by atoms with Crippen LogP contribution in [0.5, 0.6) is 5.88 Å². The summed E-state index contributed by atoms with van der Waals surface area (Å²) < 4.78 is 38.8. The van der Waals surface area contributed by atoms with E-state index < -0.39 is 17.2 Å². The molecule has 0 aliphatic rings. The second-order valence-electron chi connectivity index (χ2n) is 7.19. The summed E-state index contributed by atoms with van der Waals surface area (Å²) >= 11 is 3.21. The standard InChI is InChI=1S/C23H22BrF2N3O4/c1-13-4-5-15(21(30)27-8-9-32-3)10-19(13)29-14(2)28-22(20(24)23(29)31)33-12-16-6-7-17(25)11-18(16)26/h4-7,10-11H,8-9,12H2,1-3H3,(H,27,30). The van der Waals surface area contributed by atoms with Crippen LogP contribution < -0.4 is 15.6 Å². The van der Waals surface area contributed by atoms with Crippen LogP contribution in [0.2, 0.25) is 0 Å². The molecule has 0 radical (unpaired) electrons. The van der Waals surface area contributed by atoms with E-state index in [1.165, 1.54) is 10.6 Å². The predicted octanol–water partition coefficient (Wildman–Crippen LogP) is 3.85. The first-order chi connectivity index (χ1) is 15.7. The summed E-state index contributed by atoms with van der Waals surface area (Å²) in [6.45, 7) is 3.92. The molecule has 3 aromatic rings. The van der Waals surface area contributed by atoms with Crippen molar-refractivity contribution in [2.75, 3.05) is 20.3 Å². The number of hydrogen-bond acceptors (Lipinski definition) is 5. The number of methoxy groups -OCH3 is 1. The Bertz CT molecular complexity index is 1250. The Morgan fingerprint density at radius 3 is 2.64 bits per heavy atom. The quantitative estimate of drug-likeness (QED) is 0.455. The number of aromatic nitrogens is 2. The molecule has 0 aliphatic heterocycles. The summed E-state index contributed by atoms with van der Waals surface area (Å²) in [6.07, 6.45) is 0. The van der Waals surface area contributed by atoms with Crippen molar-refractivity contribution in [2.24, 2.45) is 0 Å². The van der Waals surface area contributed by atoms with Crippen LogP contribution in [0.1, 0.15) is 27.3 Å². The van der Waals surface area contributed by atoms with E-state index in [0.29, 0.717) is 30.2 Å². The lowest BCUT2D eigenvalue weighted by Gasteiger charge is -2.16. The lowest BCUT2D eigenvalue weighted by atomic mass is 10.1. The fraction of sp³-hybridized carbons (Fsp3) is 0.261. The van der Waals surface area contributed by atoms with Crippen molar-refractivity contribution in [3.05, 3.63) is 85.4 Å². The fourth-order valence-electron chi connectivity index (χ4n) is 3.11. The van der Waals surface area contributed by atoms with Gasteiger partial charge in [-0.1, -0.05) is 6.07 Å². The predicted molar refractivity (Wildman–Crippen MR) is 122 cm³/mol. The Kier molecular flexibility index (Phi) is 7.93. The third kappa shape index (κ3) is 5.63. The Morgan fingerprint density at radius 1 is 1.18 bits per heavy atom. The van der Waals surface area contributed by atoms with E-state index in [1.54, 1.807) is 32.2 Å².